The minimum atomic E-state index is 0. The molecule has 0 unspecified atom stereocenters. The number of carbonyl (C=O) groups excluding carboxylic acids is 1. The second-order valence-electron chi connectivity index (χ2n) is 6.35. The minimum Gasteiger partial charge on any atom is -1.00 e. The number of hydrogen-bond acceptors (Lipinski definition) is 1. The van der Waals surface area contributed by atoms with Crippen LogP contribution in [-0.2, 0) is 6.54 Å². The van der Waals surface area contributed by atoms with Gasteiger partial charge in [-0.3, -0.25) is 4.79 Å². The summed E-state index contributed by atoms with van der Waals surface area (Å²) in [5, 5.41) is 0. The van der Waals surface area contributed by atoms with E-state index < -0.39 is 0 Å². The monoisotopic (exact) mass is 361 g/mol. The molecule has 22 heavy (non-hydrogen) atoms. The molecule has 0 aliphatic carbocycles. The van der Waals surface area contributed by atoms with E-state index in [9.17, 15) is 4.79 Å². The van der Waals surface area contributed by atoms with Gasteiger partial charge in [0.05, 0.1) is 27.1 Å². The molecule has 2 nitrogen and oxygen atoms in total. The zero-order valence-electron chi connectivity index (χ0n) is 13.6. The number of nitrogens with zero attached hydrogens (tertiary/aromatic N) is 1. The number of Topliss-reactive ketones (excluding diaryl/α,β-unsaturated/α-hetero) is 1. The summed E-state index contributed by atoms with van der Waals surface area (Å²) >= 11 is 0. The fourth-order valence-electron chi connectivity index (χ4n) is 2.56. The van der Waals surface area contributed by atoms with Gasteiger partial charge in [0.15, 0.2) is 5.78 Å². The van der Waals surface area contributed by atoms with E-state index in [4.69, 9.17) is 0 Å². The third kappa shape index (κ3) is 5.74. The topological polar surface area (TPSA) is 17.1 Å². The van der Waals surface area contributed by atoms with Crippen molar-refractivity contribution in [1.29, 1.82) is 0 Å². The molecule has 0 amide bonds. The maximum atomic E-state index is 12.2. The van der Waals surface area contributed by atoms with Crippen molar-refractivity contribution in [3.05, 3.63) is 71.3 Å². The number of benzene rings is 2. The third-order valence-electron chi connectivity index (χ3n) is 3.73. The highest BCUT2D eigenvalue weighted by Crippen LogP contribution is 2.13. The Morgan fingerprint density at radius 1 is 1.00 bits per heavy atom. The van der Waals surface area contributed by atoms with Crippen molar-refractivity contribution >= 4 is 5.78 Å². The maximum Gasteiger partial charge on any atom is 0.168 e. The average Bonchev–Trinajstić information content (AvgIpc) is 2.45. The molecule has 0 spiro atoms. The molecule has 0 N–H and O–H groups in total. The van der Waals surface area contributed by atoms with E-state index in [0.717, 1.165) is 23.1 Å². The van der Waals surface area contributed by atoms with Gasteiger partial charge in [-0.1, -0.05) is 60.2 Å². The Bertz CT molecular complexity index is 608. The van der Waals surface area contributed by atoms with E-state index >= 15 is 0 Å². The van der Waals surface area contributed by atoms with Crippen LogP contribution < -0.4 is 17.0 Å². The predicted octanol–water partition coefficient (Wildman–Crippen LogP) is 0.848. The van der Waals surface area contributed by atoms with E-state index in [1.54, 1.807) is 0 Å². The smallest absolute Gasteiger partial charge is 0.168 e. The van der Waals surface area contributed by atoms with Gasteiger partial charge in [0.2, 0.25) is 0 Å². The van der Waals surface area contributed by atoms with Crippen LogP contribution in [0.2, 0.25) is 0 Å². The van der Waals surface area contributed by atoms with Gasteiger partial charge in [-0.25, -0.2) is 0 Å². The van der Waals surface area contributed by atoms with Gasteiger partial charge in [0.25, 0.3) is 0 Å². The Hall–Kier alpha value is -1.45. The van der Waals surface area contributed by atoms with Crippen molar-refractivity contribution in [2.75, 3.05) is 20.6 Å². The second kappa shape index (κ2) is 8.25. The molecule has 0 radical (unpaired) electrons. The minimum absolute atomic E-state index is 0. The first kappa shape index (κ1) is 18.6. The Morgan fingerprint density at radius 3 is 2.32 bits per heavy atom. The molecule has 0 bridgehead atoms. The lowest BCUT2D eigenvalue weighted by molar-refractivity contribution is -0.903. The highest BCUT2D eigenvalue weighted by Gasteiger charge is 2.18. The summed E-state index contributed by atoms with van der Waals surface area (Å²) in [6.07, 6.45) is 0.586. The Labute approximate surface area is 144 Å². The van der Waals surface area contributed by atoms with Gasteiger partial charge in [-0.2, -0.15) is 0 Å². The highest BCUT2D eigenvalue weighted by atomic mass is 79.9. The maximum absolute atomic E-state index is 12.2. The summed E-state index contributed by atoms with van der Waals surface area (Å²) < 4.78 is 0.821. The third-order valence-corrected chi connectivity index (χ3v) is 3.73. The molecule has 0 aliphatic rings. The zero-order chi connectivity index (χ0) is 15.3. The van der Waals surface area contributed by atoms with Crippen molar-refractivity contribution in [3.8, 4) is 0 Å². The number of hydrogen-bond donors (Lipinski definition) is 0. The highest BCUT2D eigenvalue weighted by molar-refractivity contribution is 5.96. The fourth-order valence-corrected chi connectivity index (χ4v) is 2.56. The van der Waals surface area contributed by atoms with Crippen LogP contribution in [-0.4, -0.2) is 30.9 Å². The van der Waals surface area contributed by atoms with E-state index in [-0.39, 0.29) is 22.8 Å². The van der Waals surface area contributed by atoms with Crippen molar-refractivity contribution < 1.29 is 26.3 Å². The van der Waals surface area contributed by atoms with Gasteiger partial charge in [-0.15, -0.1) is 0 Å². The first-order valence-electron chi connectivity index (χ1n) is 7.42. The second-order valence-corrected chi connectivity index (χ2v) is 6.35. The van der Waals surface area contributed by atoms with Crippen molar-refractivity contribution in [2.45, 2.75) is 19.9 Å². The molecule has 0 saturated heterocycles. The zero-order valence-corrected chi connectivity index (χ0v) is 15.1. The summed E-state index contributed by atoms with van der Waals surface area (Å²) in [4.78, 5) is 12.2. The Kier molecular flexibility index (Phi) is 6.98. The molecule has 0 fully saturated rings. The van der Waals surface area contributed by atoms with E-state index in [1.165, 1.54) is 11.1 Å². The number of rotatable bonds is 6. The van der Waals surface area contributed by atoms with Crippen LogP contribution in [0.1, 0.15) is 27.9 Å². The number of quaternary nitrogens is 1. The fraction of sp³-hybridized carbons (Fsp3) is 0.316. The molecular weight excluding hydrogens is 338 g/mol. The molecule has 2 aromatic rings. The van der Waals surface area contributed by atoms with Crippen molar-refractivity contribution in [3.63, 3.8) is 0 Å². The van der Waals surface area contributed by atoms with Crippen LogP contribution in [0.15, 0.2) is 54.6 Å². The molecule has 3 heteroatoms. The summed E-state index contributed by atoms with van der Waals surface area (Å²) in [5.74, 6) is 0.228. The molecule has 0 aromatic heterocycles. The van der Waals surface area contributed by atoms with Crippen LogP contribution in [0.4, 0.5) is 0 Å². The lowest BCUT2D eigenvalue weighted by atomic mass is 10.1. The van der Waals surface area contributed by atoms with Crippen molar-refractivity contribution in [2.24, 2.45) is 0 Å². The molecule has 0 saturated carbocycles. The van der Waals surface area contributed by atoms with Gasteiger partial charge >= 0.3 is 0 Å². The van der Waals surface area contributed by atoms with Gasteiger partial charge in [0, 0.05) is 11.1 Å². The van der Waals surface area contributed by atoms with Crippen LogP contribution in [0.5, 0.6) is 0 Å². The molecule has 2 aromatic carbocycles. The van der Waals surface area contributed by atoms with E-state index in [1.807, 2.05) is 30.3 Å². The molecule has 118 valence electrons. The summed E-state index contributed by atoms with van der Waals surface area (Å²) in [6.45, 7) is 3.91. The number of halogens is 1. The molecule has 0 atom stereocenters. The average molecular weight is 362 g/mol. The molecule has 0 heterocycles. The lowest BCUT2D eigenvalue weighted by Crippen LogP contribution is -3.00. The summed E-state index contributed by atoms with van der Waals surface area (Å²) in [6, 6.07) is 18.1. The molecular formula is C19H24BrNO. The largest absolute Gasteiger partial charge is 1.00 e. The van der Waals surface area contributed by atoms with Crippen LogP contribution in [0.25, 0.3) is 0 Å². The van der Waals surface area contributed by atoms with Crippen molar-refractivity contribution in [1.82, 2.24) is 0 Å². The normalized spacial score (nSPS) is 10.9. The number of ketones is 1. The summed E-state index contributed by atoms with van der Waals surface area (Å²) in [5.41, 5.74) is 3.42. The molecule has 0 aliphatic heterocycles. The Morgan fingerprint density at radius 2 is 1.68 bits per heavy atom. The van der Waals surface area contributed by atoms with Crippen LogP contribution >= 0.6 is 0 Å². The predicted molar refractivity (Wildman–Crippen MR) is 87.2 cm³/mol. The SMILES string of the molecule is Cc1cccc(C[N+](C)(C)CCC(=O)c2ccccc2)c1.[Br-]. The molecule has 2 rings (SSSR count). The van der Waals surface area contributed by atoms with Gasteiger partial charge < -0.3 is 21.5 Å². The van der Waals surface area contributed by atoms with Crippen LogP contribution in [0, 0.1) is 6.92 Å². The van der Waals surface area contributed by atoms with Crippen LogP contribution in [0.3, 0.4) is 0 Å². The number of aryl methyl sites for hydroxylation is 1. The quantitative estimate of drug-likeness (QED) is 0.550. The lowest BCUT2D eigenvalue weighted by Gasteiger charge is -2.29. The van der Waals surface area contributed by atoms with Gasteiger partial charge in [0.1, 0.15) is 6.54 Å². The standard InChI is InChI=1S/C19H24NO.BrH/c1-16-8-7-9-17(14-16)15-20(2,3)13-12-19(21)18-10-5-4-6-11-18;/h4-11,14H,12-13,15H2,1-3H3;1H/q+1;/p-1. The Balaban J connectivity index is 0.00000242. The first-order valence-corrected chi connectivity index (χ1v) is 7.42. The van der Waals surface area contributed by atoms with E-state index in [2.05, 4.69) is 45.3 Å². The van der Waals surface area contributed by atoms with Gasteiger partial charge in [-0.05, 0) is 6.92 Å². The summed E-state index contributed by atoms with van der Waals surface area (Å²) in [7, 11) is 4.36. The van der Waals surface area contributed by atoms with E-state index in [0.29, 0.717) is 6.42 Å². The number of carbonyl (C=O) groups is 1. The first-order chi connectivity index (χ1) is 9.96.